The second-order valence-corrected chi connectivity index (χ2v) is 8.99. The Bertz CT molecular complexity index is 1260. The van der Waals surface area contributed by atoms with E-state index in [9.17, 15) is 4.79 Å². The molecule has 0 saturated heterocycles. The minimum atomic E-state index is -0.0810. The molecule has 0 atom stereocenters. The van der Waals surface area contributed by atoms with E-state index in [2.05, 4.69) is 34.6 Å². The molecule has 0 radical (unpaired) electrons. The number of carbonyl (C=O) groups excluding carboxylic acids is 1. The van der Waals surface area contributed by atoms with Crippen molar-refractivity contribution >= 4 is 23.4 Å². The molecule has 6 nitrogen and oxygen atoms in total. The third kappa shape index (κ3) is 5.31. The topological polar surface area (TPSA) is 69.0 Å². The highest BCUT2D eigenvalue weighted by Gasteiger charge is 2.18. The zero-order valence-corrected chi connectivity index (χ0v) is 20.6. The zero-order chi connectivity index (χ0) is 24.1. The highest BCUT2D eigenvalue weighted by atomic mass is 32.2. The van der Waals surface area contributed by atoms with E-state index in [0.29, 0.717) is 11.8 Å². The van der Waals surface area contributed by atoms with Gasteiger partial charge in [0, 0.05) is 16.9 Å². The summed E-state index contributed by atoms with van der Waals surface area (Å²) in [4.78, 5) is 12.8. The lowest BCUT2D eigenvalue weighted by molar-refractivity contribution is -0.113. The Morgan fingerprint density at radius 2 is 1.65 bits per heavy atom. The molecule has 0 bridgehead atoms. The highest BCUT2D eigenvalue weighted by molar-refractivity contribution is 7.99. The Morgan fingerprint density at radius 3 is 2.29 bits per heavy atom. The van der Waals surface area contributed by atoms with E-state index in [4.69, 9.17) is 4.74 Å². The maximum atomic E-state index is 12.8. The van der Waals surface area contributed by atoms with E-state index in [-0.39, 0.29) is 11.7 Å². The first-order chi connectivity index (χ1) is 16.5. The first kappa shape index (κ1) is 23.6. The summed E-state index contributed by atoms with van der Waals surface area (Å²) in [7, 11) is 0. The highest BCUT2D eigenvalue weighted by Crippen LogP contribution is 2.29. The van der Waals surface area contributed by atoms with Gasteiger partial charge < -0.3 is 10.1 Å². The minimum Gasteiger partial charge on any atom is -0.494 e. The fourth-order valence-electron chi connectivity index (χ4n) is 3.91. The van der Waals surface area contributed by atoms with Gasteiger partial charge in [-0.25, -0.2) is 0 Å². The van der Waals surface area contributed by atoms with Crippen LogP contribution in [0.3, 0.4) is 0 Å². The summed E-state index contributed by atoms with van der Waals surface area (Å²) < 4.78 is 7.56. The molecule has 174 valence electrons. The number of ether oxygens (including phenoxy) is 1. The molecule has 34 heavy (non-hydrogen) atoms. The van der Waals surface area contributed by atoms with Crippen molar-refractivity contribution < 1.29 is 9.53 Å². The number of hydrogen-bond acceptors (Lipinski definition) is 5. The number of aryl methyl sites for hydroxylation is 3. The number of carbonyl (C=O) groups is 1. The predicted octanol–water partition coefficient (Wildman–Crippen LogP) is 5.99. The molecule has 0 saturated carbocycles. The van der Waals surface area contributed by atoms with Crippen molar-refractivity contribution in [3.05, 3.63) is 83.4 Å². The van der Waals surface area contributed by atoms with Crippen LogP contribution in [0.25, 0.3) is 17.1 Å². The molecule has 0 aliphatic heterocycles. The van der Waals surface area contributed by atoms with Crippen LogP contribution in [0.5, 0.6) is 5.75 Å². The number of thioether (sulfide) groups is 1. The molecule has 1 amide bonds. The molecule has 0 spiro atoms. The molecule has 1 aromatic heterocycles. The molecular formula is C27H28N4O2S. The van der Waals surface area contributed by atoms with E-state index >= 15 is 0 Å². The molecule has 0 aliphatic rings. The van der Waals surface area contributed by atoms with Crippen LogP contribution in [0.1, 0.15) is 23.6 Å². The van der Waals surface area contributed by atoms with Crippen LogP contribution in [0.15, 0.2) is 71.9 Å². The van der Waals surface area contributed by atoms with Gasteiger partial charge in [0.25, 0.3) is 0 Å². The van der Waals surface area contributed by atoms with Gasteiger partial charge in [-0.05, 0) is 63.1 Å². The van der Waals surface area contributed by atoms with Crippen LogP contribution in [-0.2, 0) is 4.79 Å². The quantitative estimate of drug-likeness (QED) is 0.319. The van der Waals surface area contributed by atoms with Crippen LogP contribution in [0.4, 0.5) is 5.69 Å². The Morgan fingerprint density at radius 1 is 0.971 bits per heavy atom. The molecule has 0 unspecified atom stereocenters. The molecule has 4 rings (SSSR count). The lowest BCUT2D eigenvalue weighted by atomic mass is 10.1. The van der Waals surface area contributed by atoms with Gasteiger partial charge >= 0.3 is 0 Å². The van der Waals surface area contributed by atoms with Crippen molar-refractivity contribution in [2.24, 2.45) is 0 Å². The van der Waals surface area contributed by atoms with Crippen molar-refractivity contribution in [1.82, 2.24) is 14.8 Å². The first-order valence-corrected chi connectivity index (χ1v) is 12.2. The number of amides is 1. The number of nitrogens with zero attached hydrogens (tertiary/aromatic N) is 3. The Balaban J connectivity index is 1.59. The Kier molecular flexibility index (Phi) is 7.33. The maximum absolute atomic E-state index is 12.8. The van der Waals surface area contributed by atoms with Gasteiger partial charge in [-0.3, -0.25) is 9.36 Å². The normalized spacial score (nSPS) is 10.8. The number of rotatable bonds is 8. The molecule has 3 aromatic carbocycles. The van der Waals surface area contributed by atoms with Crippen LogP contribution < -0.4 is 10.1 Å². The van der Waals surface area contributed by atoms with Crippen LogP contribution in [-0.4, -0.2) is 33.0 Å². The summed E-state index contributed by atoms with van der Waals surface area (Å²) >= 11 is 1.36. The van der Waals surface area contributed by atoms with Crippen LogP contribution in [0, 0.1) is 20.8 Å². The van der Waals surface area contributed by atoms with E-state index in [1.165, 1.54) is 17.3 Å². The summed E-state index contributed by atoms with van der Waals surface area (Å²) in [6.45, 7) is 8.65. The number of benzene rings is 3. The van der Waals surface area contributed by atoms with Crippen molar-refractivity contribution in [3.63, 3.8) is 0 Å². The third-order valence-electron chi connectivity index (χ3n) is 5.35. The van der Waals surface area contributed by atoms with Crippen molar-refractivity contribution in [2.45, 2.75) is 32.9 Å². The number of nitrogens with one attached hydrogen (secondary N) is 1. The largest absolute Gasteiger partial charge is 0.494 e. The number of anilines is 1. The van der Waals surface area contributed by atoms with Gasteiger partial charge in [-0.1, -0.05) is 59.8 Å². The molecule has 7 heteroatoms. The molecular weight excluding hydrogens is 444 g/mol. The number of hydrogen-bond donors (Lipinski definition) is 1. The van der Waals surface area contributed by atoms with E-state index in [0.717, 1.165) is 39.6 Å². The minimum absolute atomic E-state index is 0.0810. The third-order valence-corrected chi connectivity index (χ3v) is 6.27. The maximum Gasteiger partial charge on any atom is 0.234 e. The molecule has 0 aliphatic carbocycles. The van der Waals surface area contributed by atoms with Crippen molar-refractivity contribution in [2.75, 3.05) is 17.7 Å². The van der Waals surface area contributed by atoms with E-state index in [1.807, 2.05) is 79.9 Å². The monoisotopic (exact) mass is 472 g/mol. The fourth-order valence-corrected chi connectivity index (χ4v) is 4.66. The summed E-state index contributed by atoms with van der Waals surface area (Å²) in [6, 6.07) is 21.9. The Labute approximate surface area is 204 Å². The summed E-state index contributed by atoms with van der Waals surface area (Å²) in [6.07, 6.45) is 0. The van der Waals surface area contributed by atoms with Crippen molar-refractivity contribution in [1.29, 1.82) is 0 Å². The van der Waals surface area contributed by atoms with Gasteiger partial charge in [-0.15, -0.1) is 10.2 Å². The molecule has 0 fully saturated rings. The second kappa shape index (κ2) is 10.6. The van der Waals surface area contributed by atoms with Crippen molar-refractivity contribution in [3.8, 4) is 22.8 Å². The molecule has 1 heterocycles. The van der Waals surface area contributed by atoms with Gasteiger partial charge in [-0.2, -0.15) is 0 Å². The van der Waals surface area contributed by atoms with Gasteiger partial charge in [0.2, 0.25) is 5.91 Å². The fraction of sp³-hybridized carbons (Fsp3) is 0.222. The smallest absolute Gasteiger partial charge is 0.234 e. The molecule has 1 N–H and O–H groups in total. The lowest BCUT2D eigenvalue weighted by Crippen LogP contribution is -2.16. The molecule has 4 aromatic rings. The second-order valence-electron chi connectivity index (χ2n) is 8.05. The predicted molar refractivity (Wildman–Crippen MR) is 138 cm³/mol. The number of aromatic nitrogens is 3. The summed E-state index contributed by atoms with van der Waals surface area (Å²) in [5.74, 6) is 1.66. The van der Waals surface area contributed by atoms with Gasteiger partial charge in [0.05, 0.1) is 12.4 Å². The average Bonchev–Trinajstić information content (AvgIpc) is 3.25. The summed E-state index contributed by atoms with van der Waals surface area (Å²) in [5, 5.41) is 12.6. The van der Waals surface area contributed by atoms with Crippen LogP contribution >= 0.6 is 11.8 Å². The SMILES string of the molecule is CCOc1ccc(-n2c(SCC(=O)Nc3c(C)cc(C)cc3C)nnc2-c2ccccc2)cc1. The Hall–Kier alpha value is -3.58. The van der Waals surface area contributed by atoms with E-state index < -0.39 is 0 Å². The lowest BCUT2D eigenvalue weighted by Gasteiger charge is -2.13. The first-order valence-electron chi connectivity index (χ1n) is 11.2. The van der Waals surface area contributed by atoms with Gasteiger partial charge in [0.1, 0.15) is 5.75 Å². The van der Waals surface area contributed by atoms with E-state index in [1.54, 1.807) is 0 Å². The van der Waals surface area contributed by atoms with Gasteiger partial charge in [0.15, 0.2) is 11.0 Å². The van der Waals surface area contributed by atoms with Crippen LogP contribution in [0.2, 0.25) is 0 Å². The summed E-state index contributed by atoms with van der Waals surface area (Å²) in [5.41, 5.74) is 6.01. The zero-order valence-electron chi connectivity index (χ0n) is 19.8. The average molecular weight is 473 g/mol. The standard InChI is InChI=1S/C27H28N4O2S/c1-5-33-23-13-11-22(12-14-23)31-26(21-9-7-6-8-10-21)29-30-27(31)34-17-24(32)28-25-19(3)15-18(2)16-20(25)4/h6-16H,5,17H2,1-4H3,(H,28,32).